The minimum Gasteiger partial charge on any atom is -0.339 e. The molecule has 1 aromatic carbocycles. The van der Waals surface area contributed by atoms with E-state index in [4.69, 9.17) is 70.2 Å². The van der Waals surface area contributed by atoms with Crippen molar-refractivity contribution in [3.8, 4) is 0 Å². The summed E-state index contributed by atoms with van der Waals surface area (Å²) in [5.41, 5.74) is 0.453. The van der Waals surface area contributed by atoms with Crippen molar-refractivity contribution < 1.29 is 4.79 Å². The molecular weight excluding hydrogens is 472 g/mol. The summed E-state index contributed by atoms with van der Waals surface area (Å²) in [5.74, 6) is -0.743. The van der Waals surface area contributed by atoms with Crippen molar-refractivity contribution in [3.63, 3.8) is 0 Å². The van der Waals surface area contributed by atoms with Crippen LogP contribution in [-0.4, -0.2) is 21.0 Å². The highest BCUT2D eigenvalue weighted by Gasteiger charge is 2.61. The fraction of sp³-hybridized carbons (Fsp3) is 0.412. The molecule has 0 spiro atoms. The summed E-state index contributed by atoms with van der Waals surface area (Å²) < 4.78 is -1.71. The molecule has 2 rings (SSSR count). The van der Waals surface area contributed by atoms with Crippen molar-refractivity contribution in [2.75, 3.05) is 5.32 Å². The van der Waals surface area contributed by atoms with Gasteiger partial charge in [-0.25, -0.2) is 0 Å². The third-order valence-electron chi connectivity index (χ3n) is 4.42. The Kier molecular flexibility index (Phi) is 7.56. The van der Waals surface area contributed by atoms with E-state index in [0.717, 1.165) is 5.69 Å². The van der Waals surface area contributed by atoms with Gasteiger partial charge in [0.15, 0.2) is 5.11 Å². The van der Waals surface area contributed by atoms with Gasteiger partial charge in [0.05, 0.1) is 5.92 Å². The third-order valence-corrected chi connectivity index (χ3v) is 5.55. The monoisotopic (exact) mass is 487 g/mol. The predicted octanol–water partition coefficient (Wildman–Crippen LogP) is 5.38. The van der Waals surface area contributed by atoms with Crippen LogP contribution >= 0.6 is 70.2 Å². The van der Waals surface area contributed by atoms with Crippen LogP contribution in [0.5, 0.6) is 0 Å². The van der Waals surface area contributed by atoms with E-state index < -0.39 is 9.96 Å². The topological polar surface area (TPSA) is 53.2 Å². The first-order valence-electron chi connectivity index (χ1n) is 7.95. The van der Waals surface area contributed by atoms with Crippen LogP contribution in [0.3, 0.4) is 0 Å². The van der Waals surface area contributed by atoms with E-state index in [1.54, 1.807) is 6.08 Å². The van der Waals surface area contributed by atoms with Gasteiger partial charge in [0.2, 0.25) is 9.70 Å². The molecular formula is C17H18Cl5N3OS. The van der Waals surface area contributed by atoms with Crippen molar-refractivity contribution in [1.82, 2.24) is 10.6 Å². The van der Waals surface area contributed by atoms with E-state index in [1.165, 1.54) is 0 Å². The molecule has 0 unspecified atom stereocenters. The number of benzene rings is 1. The summed E-state index contributed by atoms with van der Waals surface area (Å²) in [6, 6.07) is 9.24. The molecule has 27 heavy (non-hydrogen) atoms. The Bertz CT molecular complexity index is 732. The predicted molar refractivity (Wildman–Crippen MR) is 119 cm³/mol. The SMILES string of the molecule is CC1(C)[C@H](C=C(Cl)Cl)[C@H]1C(=O)N[C@H](NC(=S)Nc1ccccc1)C(Cl)(Cl)Cl. The molecule has 1 saturated carbocycles. The molecule has 0 saturated heterocycles. The normalized spacial score (nSPS) is 21.6. The summed E-state index contributed by atoms with van der Waals surface area (Å²) in [4.78, 5) is 12.7. The first-order chi connectivity index (χ1) is 12.4. The molecule has 0 aliphatic heterocycles. The highest BCUT2D eigenvalue weighted by molar-refractivity contribution is 7.80. The summed E-state index contributed by atoms with van der Waals surface area (Å²) in [5, 5.41) is 8.70. The number of nitrogens with one attached hydrogen (secondary N) is 3. The highest BCUT2D eigenvalue weighted by Crippen LogP contribution is 2.59. The maximum Gasteiger partial charge on any atom is 0.228 e. The molecule has 0 heterocycles. The number of para-hydroxylation sites is 1. The number of hydrogen-bond donors (Lipinski definition) is 3. The van der Waals surface area contributed by atoms with Gasteiger partial charge in [-0.05, 0) is 41.8 Å². The quantitative estimate of drug-likeness (QED) is 0.295. The standard InChI is InChI=1S/C17H18Cl5N3OS/c1-16(2)10(8-11(18)19)12(16)13(26)24-14(17(20,21)22)25-15(27)23-9-6-4-3-5-7-9/h3-8,10,12,14H,1-2H3,(H,24,26)(H2,23,25,27)/t10-,12+,14-/m1/s1. The van der Waals surface area contributed by atoms with Crippen LogP contribution in [0.2, 0.25) is 0 Å². The van der Waals surface area contributed by atoms with Gasteiger partial charge < -0.3 is 16.0 Å². The van der Waals surface area contributed by atoms with Crippen LogP contribution in [0.1, 0.15) is 13.8 Å². The lowest BCUT2D eigenvalue weighted by molar-refractivity contribution is -0.123. The zero-order chi connectivity index (χ0) is 20.4. The summed E-state index contributed by atoms with van der Waals surface area (Å²) in [6.45, 7) is 3.88. The van der Waals surface area contributed by atoms with Gasteiger partial charge in [0, 0.05) is 5.69 Å². The molecule has 1 amide bonds. The molecule has 148 valence electrons. The van der Waals surface area contributed by atoms with E-state index in [9.17, 15) is 4.79 Å². The average molecular weight is 490 g/mol. The van der Waals surface area contributed by atoms with Crippen molar-refractivity contribution in [2.45, 2.75) is 23.8 Å². The number of anilines is 1. The average Bonchev–Trinajstić information content (AvgIpc) is 3.06. The number of thiocarbonyl (C=S) groups is 1. The largest absolute Gasteiger partial charge is 0.339 e. The van der Waals surface area contributed by atoms with Crippen molar-refractivity contribution in [3.05, 3.63) is 40.9 Å². The Hall–Kier alpha value is -0.430. The van der Waals surface area contributed by atoms with Gasteiger partial charge in [-0.15, -0.1) is 0 Å². The van der Waals surface area contributed by atoms with E-state index in [2.05, 4.69) is 16.0 Å². The number of carbonyl (C=O) groups is 1. The zero-order valence-electron chi connectivity index (χ0n) is 14.4. The van der Waals surface area contributed by atoms with Crippen molar-refractivity contribution in [2.24, 2.45) is 17.3 Å². The molecule has 0 radical (unpaired) electrons. The molecule has 3 N–H and O–H groups in total. The maximum atomic E-state index is 12.7. The molecule has 1 aromatic rings. The lowest BCUT2D eigenvalue weighted by Crippen LogP contribution is -2.56. The number of allylic oxidation sites excluding steroid dienone is 1. The van der Waals surface area contributed by atoms with Gasteiger partial charge in [0.25, 0.3) is 0 Å². The molecule has 10 heteroatoms. The van der Waals surface area contributed by atoms with Gasteiger partial charge in [-0.1, -0.05) is 90.1 Å². The second kappa shape index (κ2) is 8.93. The molecule has 1 aliphatic rings. The smallest absolute Gasteiger partial charge is 0.228 e. The van der Waals surface area contributed by atoms with E-state index in [0.29, 0.717) is 0 Å². The van der Waals surface area contributed by atoms with Gasteiger partial charge in [-0.3, -0.25) is 4.79 Å². The zero-order valence-corrected chi connectivity index (χ0v) is 19.0. The Morgan fingerprint density at radius 1 is 1.19 bits per heavy atom. The van der Waals surface area contributed by atoms with Crippen LogP contribution in [0.15, 0.2) is 40.9 Å². The van der Waals surface area contributed by atoms with Gasteiger partial charge in [0.1, 0.15) is 10.7 Å². The van der Waals surface area contributed by atoms with Crippen LogP contribution in [-0.2, 0) is 4.79 Å². The minimum absolute atomic E-state index is 0.104. The third kappa shape index (κ3) is 6.28. The molecule has 4 nitrogen and oxygen atoms in total. The summed E-state index contributed by atoms with van der Waals surface area (Å²) in [7, 11) is 0. The number of carbonyl (C=O) groups excluding carboxylic acids is 1. The van der Waals surface area contributed by atoms with E-state index in [-0.39, 0.29) is 32.8 Å². The van der Waals surface area contributed by atoms with Gasteiger partial charge in [-0.2, -0.15) is 0 Å². The molecule has 1 fully saturated rings. The van der Waals surface area contributed by atoms with Crippen LogP contribution in [0.4, 0.5) is 5.69 Å². The van der Waals surface area contributed by atoms with Gasteiger partial charge >= 0.3 is 0 Å². The number of amides is 1. The second-order valence-corrected chi connectivity index (χ2v) is 10.5. The lowest BCUT2D eigenvalue weighted by atomic mass is 10.1. The Balaban J connectivity index is 2.04. The Morgan fingerprint density at radius 2 is 1.78 bits per heavy atom. The minimum atomic E-state index is -1.83. The van der Waals surface area contributed by atoms with Crippen LogP contribution in [0, 0.1) is 17.3 Å². The number of alkyl halides is 3. The van der Waals surface area contributed by atoms with Crippen molar-refractivity contribution >= 4 is 86.9 Å². The first-order valence-corrected chi connectivity index (χ1v) is 10.2. The molecule has 0 bridgehead atoms. The fourth-order valence-corrected chi connectivity index (χ4v) is 3.71. The van der Waals surface area contributed by atoms with E-state index >= 15 is 0 Å². The number of hydrogen-bond acceptors (Lipinski definition) is 2. The van der Waals surface area contributed by atoms with Crippen LogP contribution < -0.4 is 16.0 Å². The second-order valence-electron chi connectivity index (χ2n) is 6.73. The first kappa shape index (κ1) is 22.9. The Morgan fingerprint density at radius 3 is 2.30 bits per heavy atom. The maximum absolute atomic E-state index is 12.7. The number of rotatable bonds is 5. The lowest BCUT2D eigenvalue weighted by Gasteiger charge is -2.28. The Labute approximate surface area is 188 Å². The van der Waals surface area contributed by atoms with Crippen molar-refractivity contribution in [1.29, 1.82) is 0 Å². The summed E-state index contributed by atoms with van der Waals surface area (Å²) in [6.07, 6.45) is 0.610. The molecule has 0 aromatic heterocycles. The highest BCUT2D eigenvalue weighted by atomic mass is 35.6. The van der Waals surface area contributed by atoms with E-state index in [1.807, 2.05) is 44.2 Å². The fourth-order valence-electron chi connectivity index (χ4n) is 2.88. The molecule has 1 aliphatic carbocycles. The number of halogens is 5. The molecule has 3 atom stereocenters. The van der Waals surface area contributed by atoms with Crippen LogP contribution in [0.25, 0.3) is 0 Å². The summed E-state index contributed by atoms with van der Waals surface area (Å²) >= 11 is 34.8.